The lowest BCUT2D eigenvalue weighted by atomic mass is 10.2. The Morgan fingerprint density at radius 3 is 2.94 bits per heavy atom. The molecule has 0 aromatic heterocycles. The predicted octanol–water partition coefficient (Wildman–Crippen LogP) is 1.74. The minimum atomic E-state index is 0.0295. The van der Waals surface area contributed by atoms with Crippen LogP contribution in [0.15, 0.2) is 22.7 Å². The Morgan fingerprint density at radius 2 is 2.25 bits per heavy atom. The van der Waals surface area contributed by atoms with Crippen molar-refractivity contribution in [3.8, 4) is 6.07 Å². The summed E-state index contributed by atoms with van der Waals surface area (Å²) < 4.78 is 5.98. The van der Waals surface area contributed by atoms with E-state index in [1.165, 1.54) is 0 Å². The molecule has 0 aliphatic carbocycles. The summed E-state index contributed by atoms with van der Waals surface area (Å²) in [5, 5.41) is 20.5. The number of aliphatic hydroxyl groups excluding tert-OH is 1. The molecule has 0 aliphatic heterocycles. The number of benzene rings is 1. The largest absolute Gasteiger partial charge is 0.394 e. The molecule has 0 amide bonds. The molecule has 1 aromatic rings. The summed E-state index contributed by atoms with van der Waals surface area (Å²) in [7, 11) is 0. The van der Waals surface area contributed by atoms with Crippen LogP contribution in [0.3, 0.4) is 0 Å². The molecular formula is C11H13BrN2O2. The zero-order valence-corrected chi connectivity index (χ0v) is 10.3. The number of nitrogens with zero attached hydrogens (tertiary/aromatic N) is 1. The van der Waals surface area contributed by atoms with E-state index in [1.807, 2.05) is 12.1 Å². The van der Waals surface area contributed by atoms with E-state index < -0.39 is 0 Å². The summed E-state index contributed by atoms with van der Waals surface area (Å²) in [5.74, 6) is 0. The number of anilines is 1. The number of nitrogens with one attached hydrogen (secondary N) is 1. The van der Waals surface area contributed by atoms with Gasteiger partial charge in [0, 0.05) is 11.0 Å². The third kappa shape index (κ3) is 4.19. The van der Waals surface area contributed by atoms with E-state index >= 15 is 0 Å². The number of ether oxygens (including phenoxy) is 1. The van der Waals surface area contributed by atoms with Crippen LogP contribution in [-0.4, -0.2) is 31.5 Å². The van der Waals surface area contributed by atoms with E-state index in [0.29, 0.717) is 25.3 Å². The Labute approximate surface area is 103 Å². The van der Waals surface area contributed by atoms with Crippen molar-refractivity contribution in [2.45, 2.75) is 0 Å². The van der Waals surface area contributed by atoms with Crippen molar-refractivity contribution in [2.24, 2.45) is 0 Å². The molecule has 16 heavy (non-hydrogen) atoms. The van der Waals surface area contributed by atoms with Crippen LogP contribution < -0.4 is 5.32 Å². The maximum atomic E-state index is 8.91. The topological polar surface area (TPSA) is 65.3 Å². The first-order chi connectivity index (χ1) is 7.77. The average Bonchev–Trinajstić information content (AvgIpc) is 2.30. The van der Waals surface area contributed by atoms with E-state index in [2.05, 4.69) is 27.3 Å². The van der Waals surface area contributed by atoms with Crippen LogP contribution >= 0.6 is 15.9 Å². The summed E-state index contributed by atoms with van der Waals surface area (Å²) in [6, 6.07) is 7.59. The average molecular weight is 285 g/mol. The van der Waals surface area contributed by atoms with Gasteiger partial charge in [0.25, 0.3) is 0 Å². The fraction of sp³-hybridized carbons (Fsp3) is 0.364. The molecular weight excluding hydrogens is 272 g/mol. The van der Waals surface area contributed by atoms with Gasteiger partial charge in [-0.15, -0.1) is 0 Å². The van der Waals surface area contributed by atoms with Gasteiger partial charge in [-0.1, -0.05) is 15.9 Å². The summed E-state index contributed by atoms with van der Waals surface area (Å²) in [4.78, 5) is 0. The second-order valence-electron chi connectivity index (χ2n) is 3.06. The first-order valence-corrected chi connectivity index (χ1v) is 5.69. The van der Waals surface area contributed by atoms with Crippen molar-refractivity contribution >= 4 is 21.6 Å². The minimum absolute atomic E-state index is 0.0295. The molecule has 0 saturated heterocycles. The Balaban J connectivity index is 2.45. The van der Waals surface area contributed by atoms with Crippen molar-refractivity contribution in [3.05, 3.63) is 28.2 Å². The molecule has 0 fully saturated rings. The summed E-state index contributed by atoms with van der Waals surface area (Å²) in [6.45, 7) is 1.48. The summed E-state index contributed by atoms with van der Waals surface area (Å²) in [5.41, 5.74) is 1.38. The molecule has 0 aliphatic rings. The van der Waals surface area contributed by atoms with E-state index in [-0.39, 0.29) is 6.61 Å². The fourth-order valence-corrected chi connectivity index (χ4v) is 1.55. The van der Waals surface area contributed by atoms with E-state index in [1.54, 1.807) is 6.07 Å². The van der Waals surface area contributed by atoms with Gasteiger partial charge in [-0.05, 0) is 18.2 Å². The van der Waals surface area contributed by atoms with Gasteiger partial charge in [-0.25, -0.2) is 0 Å². The highest BCUT2D eigenvalue weighted by atomic mass is 79.9. The van der Waals surface area contributed by atoms with Gasteiger partial charge in [-0.2, -0.15) is 5.26 Å². The normalized spacial score (nSPS) is 9.81. The van der Waals surface area contributed by atoms with Gasteiger partial charge in [0.05, 0.1) is 31.1 Å². The van der Waals surface area contributed by atoms with Gasteiger partial charge in [0.15, 0.2) is 0 Å². The van der Waals surface area contributed by atoms with Crippen molar-refractivity contribution in [3.63, 3.8) is 0 Å². The standard InChI is InChI=1S/C11H13BrN2O2/c12-10-1-2-11(9(7-10)8-13)14-3-5-16-6-4-15/h1-2,7,14-15H,3-6H2. The Kier molecular flexibility index (Phi) is 5.86. The lowest BCUT2D eigenvalue weighted by Crippen LogP contribution is -2.11. The molecule has 0 radical (unpaired) electrons. The van der Waals surface area contributed by atoms with Crippen LogP contribution in [0.25, 0.3) is 0 Å². The van der Waals surface area contributed by atoms with Crippen LogP contribution in [0.1, 0.15) is 5.56 Å². The van der Waals surface area contributed by atoms with E-state index in [9.17, 15) is 0 Å². The molecule has 0 saturated carbocycles. The highest BCUT2D eigenvalue weighted by Gasteiger charge is 2.01. The number of hydrogen-bond donors (Lipinski definition) is 2. The van der Waals surface area contributed by atoms with Gasteiger partial charge >= 0.3 is 0 Å². The zero-order valence-electron chi connectivity index (χ0n) is 8.74. The van der Waals surface area contributed by atoms with Gasteiger partial charge in [0.1, 0.15) is 6.07 Å². The van der Waals surface area contributed by atoms with Gasteiger partial charge < -0.3 is 15.2 Å². The Hall–Kier alpha value is -1.09. The van der Waals surface area contributed by atoms with Crippen molar-refractivity contribution in [1.82, 2.24) is 0 Å². The lowest BCUT2D eigenvalue weighted by molar-refractivity contribution is 0.0992. The molecule has 0 heterocycles. The van der Waals surface area contributed by atoms with Crippen molar-refractivity contribution < 1.29 is 9.84 Å². The maximum absolute atomic E-state index is 8.91. The van der Waals surface area contributed by atoms with Crippen LogP contribution in [0.4, 0.5) is 5.69 Å². The molecule has 0 atom stereocenters. The molecule has 0 spiro atoms. The van der Waals surface area contributed by atoms with Crippen molar-refractivity contribution in [2.75, 3.05) is 31.7 Å². The van der Waals surface area contributed by atoms with E-state index in [4.69, 9.17) is 15.1 Å². The molecule has 1 aromatic carbocycles. The lowest BCUT2D eigenvalue weighted by Gasteiger charge is -2.08. The molecule has 1 rings (SSSR count). The van der Waals surface area contributed by atoms with Gasteiger partial charge in [0.2, 0.25) is 0 Å². The molecule has 4 nitrogen and oxygen atoms in total. The molecule has 0 unspecified atom stereocenters. The summed E-state index contributed by atoms with van der Waals surface area (Å²) in [6.07, 6.45) is 0. The smallest absolute Gasteiger partial charge is 0.101 e. The third-order valence-corrected chi connectivity index (χ3v) is 2.39. The van der Waals surface area contributed by atoms with E-state index in [0.717, 1.165) is 10.2 Å². The molecule has 0 bridgehead atoms. The minimum Gasteiger partial charge on any atom is -0.394 e. The first-order valence-electron chi connectivity index (χ1n) is 4.90. The second-order valence-corrected chi connectivity index (χ2v) is 3.98. The van der Waals surface area contributed by atoms with Crippen molar-refractivity contribution in [1.29, 1.82) is 5.26 Å². The zero-order chi connectivity index (χ0) is 11.8. The van der Waals surface area contributed by atoms with Crippen LogP contribution in [-0.2, 0) is 4.74 Å². The highest BCUT2D eigenvalue weighted by molar-refractivity contribution is 9.10. The fourth-order valence-electron chi connectivity index (χ4n) is 1.19. The van der Waals surface area contributed by atoms with Crippen LogP contribution in [0.2, 0.25) is 0 Å². The number of nitriles is 1. The number of halogens is 1. The molecule has 5 heteroatoms. The predicted molar refractivity (Wildman–Crippen MR) is 65.3 cm³/mol. The third-order valence-electron chi connectivity index (χ3n) is 1.90. The monoisotopic (exact) mass is 284 g/mol. The summed E-state index contributed by atoms with van der Waals surface area (Å²) >= 11 is 3.31. The maximum Gasteiger partial charge on any atom is 0.101 e. The molecule has 86 valence electrons. The Bertz CT molecular complexity index is 377. The number of aliphatic hydroxyl groups is 1. The highest BCUT2D eigenvalue weighted by Crippen LogP contribution is 2.19. The van der Waals surface area contributed by atoms with Crippen LogP contribution in [0, 0.1) is 11.3 Å². The quantitative estimate of drug-likeness (QED) is 0.781. The first kappa shape index (κ1) is 13.0. The second kappa shape index (κ2) is 7.23. The Morgan fingerprint density at radius 1 is 1.44 bits per heavy atom. The molecule has 2 N–H and O–H groups in total. The van der Waals surface area contributed by atoms with Crippen LogP contribution in [0.5, 0.6) is 0 Å². The number of hydrogen-bond acceptors (Lipinski definition) is 4. The van der Waals surface area contributed by atoms with Gasteiger partial charge in [-0.3, -0.25) is 0 Å². The SMILES string of the molecule is N#Cc1cc(Br)ccc1NCCOCCO. The number of rotatable bonds is 6.